The van der Waals surface area contributed by atoms with E-state index in [9.17, 15) is 9.18 Å². The second-order valence-corrected chi connectivity index (χ2v) is 15.4. The van der Waals surface area contributed by atoms with Gasteiger partial charge in [-0.2, -0.15) is 5.10 Å². The van der Waals surface area contributed by atoms with Crippen molar-refractivity contribution < 1.29 is 13.6 Å². The molecule has 0 bridgehead atoms. The lowest BCUT2D eigenvalue weighted by Crippen LogP contribution is -2.40. The van der Waals surface area contributed by atoms with Gasteiger partial charge in [0.1, 0.15) is 11.5 Å². The third-order valence-corrected chi connectivity index (χ3v) is 11.2. The first-order chi connectivity index (χ1) is 15.4. The lowest BCUT2D eigenvalue weighted by Gasteiger charge is -2.36. The molecule has 0 spiro atoms. The Hall–Kier alpha value is -2.36. The van der Waals surface area contributed by atoms with E-state index in [1.54, 1.807) is 16.9 Å². The van der Waals surface area contributed by atoms with Crippen LogP contribution in [-0.4, -0.2) is 38.9 Å². The van der Waals surface area contributed by atoms with Crippen molar-refractivity contribution in [3.8, 4) is 5.69 Å². The zero-order valence-electron chi connectivity index (χ0n) is 19.6. The van der Waals surface area contributed by atoms with E-state index in [2.05, 4.69) is 49.3 Å². The fourth-order valence-electron chi connectivity index (χ4n) is 3.24. The summed E-state index contributed by atoms with van der Waals surface area (Å²) in [6.07, 6.45) is 4.00. The quantitative estimate of drug-likeness (QED) is 0.312. The lowest BCUT2D eigenvalue weighted by molar-refractivity contribution is 0.102. The van der Waals surface area contributed by atoms with Crippen molar-refractivity contribution in [2.45, 2.75) is 64.9 Å². The maximum Gasteiger partial charge on any atom is 0.233 e. The molecule has 10 heteroatoms. The Morgan fingerprint density at radius 1 is 1.27 bits per heavy atom. The van der Waals surface area contributed by atoms with Gasteiger partial charge in [-0.1, -0.05) is 37.6 Å². The Kier molecular flexibility index (Phi) is 6.32. The predicted octanol–water partition coefficient (Wildman–Crippen LogP) is 5.42. The predicted molar refractivity (Wildman–Crippen MR) is 127 cm³/mol. The van der Waals surface area contributed by atoms with Crippen LogP contribution in [0.1, 0.15) is 55.4 Å². The van der Waals surface area contributed by atoms with Gasteiger partial charge >= 0.3 is 0 Å². The molecule has 1 saturated carbocycles. The minimum absolute atomic E-state index is 0.00289. The van der Waals surface area contributed by atoms with Crippen LogP contribution in [0.5, 0.6) is 0 Å². The molecule has 0 unspecified atom stereocenters. The highest BCUT2D eigenvalue weighted by Gasteiger charge is 2.37. The van der Waals surface area contributed by atoms with E-state index in [-0.39, 0.29) is 39.8 Å². The average molecular weight is 490 g/mol. The molecule has 33 heavy (non-hydrogen) atoms. The molecule has 0 aliphatic heterocycles. The van der Waals surface area contributed by atoms with Crippen molar-refractivity contribution in [1.82, 2.24) is 24.8 Å². The van der Waals surface area contributed by atoms with Crippen molar-refractivity contribution in [2.75, 3.05) is 0 Å². The second-order valence-electron chi connectivity index (χ2n) is 10.2. The van der Waals surface area contributed by atoms with Crippen LogP contribution < -0.4 is 0 Å². The number of benzene rings is 1. The molecule has 1 aliphatic carbocycles. The van der Waals surface area contributed by atoms with Gasteiger partial charge in [0.2, 0.25) is 5.78 Å². The highest BCUT2D eigenvalue weighted by atomic mass is 35.5. The van der Waals surface area contributed by atoms with Crippen LogP contribution >= 0.6 is 11.6 Å². The van der Waals surface area contributed by atoms with E-state index >= 15 is 0 Å². The van der Waals surface area contributed by atoms with Crippen molar-refractivity contribution in [3.05, 3.63) is 58.4 Å². The molecule has 3 aromatic rings. The number of nitrogens with zero attached hydrogens (tertiary/aromatic N) is 5. The SMILES string of the molecule is CC(C)(C)[Si](C)(C)OCc1cc(F)ccc1-n1nc(Cl)cc1C(=O)c1cn(CC2CC2)nn1. The largest absolute Gasteiger partial charge is 0.412 e. The van der Waals surface area contributed by atoms with Crippen LogP contribution in [0.2, 0.25) is 23.3 Å². The molecule has 0 radical (unpaired) electrons. The molecule has 2 heterocycles. The van der Waals surface area contributed by atoms with Gasteiger partial charge in [-0.25, -0.2) is 9.07 Å². The molecule has 4 rings (SSSR count). The number of rotatable bonds is 8. The molecule has 2 aromatic heterocycles. The second kappa shape index (κ2) is 8.77. The number of ketones is 1. The maximum atomic E-state index is 14.2. The fourth-order valence-corrected chi connectivity index (χ4v) is 4.36. The molecule has 0 amide bonds. The molecule has 0 atom stereocenters. The minimum atomic E-state index is -2.08. The lowest BCUT2D eigenvalue weighted by atomic mass is 10.1. The van der Waals surface area contributed by atoms with Crippen molar-refractivity contribution >= 4 is 25.7 Å². The molecular formula is C23H29ClFN5O2Si. The highest BCUT2D eigenvalue weighted by Crippen LogP contribution is 2.37. The minimum Gasteiger partial charge on any atom is -0.412 e. The van der Waals surface area contributed by atoms with Crippen molar-refractivity contribution in [3.63, 3.8) is 0 Å². The van der Waals surface area contributed by atoms with Gasteiger partial charge in [0.05, 0.1) is 18.5 Å². The maximum absolute atomic E-state index is 14.2. The summed E-state index contributed by atoms with van der Waals surface area (Å²) in [5.41, 5.74) is 1.58. The van der Waals surface area contributed by atoms with E-state index in [4.69, 9.17) is 16.0 Å². The Morgan fingerprint density at radius 2 is 2.00 bits per heavy atom. The Labute approximate surface area is 199 Å². The van der Waals surface area contributed by atoms with Crippen LogP contribution in [0.4, 0.5) is 4.39 Å². The Balaban J connectivity index is 1.66. The zero-order chi connectivity index (χ0) is 24.0. The summed E-state index contributed by atoms with van der Waals surface area (Å²) in [5, 5.41) is 12.6. The van der Waals surface area contributed by atoms with Crippen LogP contribution in [0.3, 0.4) is 0 Å². The molecule has 1 aliphatic rings. The summed E-state index contributed by atoms with van der Waals surface area (Å²) >= 11 is 6.20. The molecule has 1 aromatic carbocycles. The van der Waals surface area contributed by atoms with Crippen LogP contribution in [0.15, 0.2) is 30.5 Å². The first kappa shape index (κ1) is 23.8. The molecule has 7 nitrogen and oxygen atoms in total. The summed E-state index contributed by atoms with van der Waals surface area (Å²) in [6, 6.07) is 5.83. The van der Waals surface area contributed by atoms with Gasteiger partial charge in [0.15, 0.2) is 19.2 Å². The number of hydrogen-bond acceptors (Lipinski definition) is 5. The van der Waals surface area contributed by atoms with Gasteiger partial charge < -0.3 is 4.43 Å². The number of carbonyl (C=O) groups excluding carboxylic acids is 1. The van der Waals surface area contributed by atoms with Gasteiger partial charge in [-0.05, 0) is 55.1 Å². The first-order valence-corrected chi connectivity index (χ1v) is 14.4. The molecule has 0 N–H and O–H groups in total. The third-order valence-electron chi connectivity index (χ3n) is 6.49. The topological polar surface area (TPSA) is 74.8 Å². The van der Waals surface area contributed by atoms with Crippen molar-refractivity contribution in [2.24, 2.45) is 5.92 Å². The smallest absolute Gasteiger partial charge is 0.233 e. The van der Waals surface area contributed by atoms with Crippen LogP contribution in [-0.2, 0) is 17.6 Å². The summed E-state index contributed by atoms with van der Waals surface area (Å²) in [6.45, 7) is 11.7. The van der Waals surface area contributed by atoms with E-state index in [0.717, 1.165) is 6.54 Å². The standard InChI is InChI=1S/C23H29ClFN5O2Si/c1-23(2,3)33(4,5)32-14-16-10-17(25)8-9-19(16)30-20(11-21(24)27-30)22(31)18-13-29(28-26-18)12-15-6-7-15/h8-11,13,15H,6-7,12,14H2,1-5H3. The Bertz CT molecular complexity index is 1180. The van der Waals surface area contributed by atoms with Gasteiger partial charge in [0.25, 0.3) is 0 Å². The van der Waals surface area contributed by atoms with E-state index in [1.165, 1.54) is 35.7 Å². The van der Waals surface area contributed by atoms with Gasteiger partial charge in [-0.15, -0.1) is 5.10 Å². The fraction of sp³-hybridized carbons (Fsp3) is 0.478. The van der Waals surface area contributed by atoms with E-state index in [0.29, 0.717) is 17.2 Å². The number of carbonyl (C=O) groups is 1. The number of hydrogen-bond donors (Lipinski definition) is 0. The van der Waals surface area contributed by atoms with E-state index in [1.807, 2.05) is 0 Å². The summed E-state index contributed by atoms with van der Waals surface area (Å²) < 4.78 is 23.6. The molecule has 1 fully saturated rings. The van der Waals surface area contributed by atoms with Crippen LogP contribution in [0, 0.1) is 11.7 Å². The summed E-state index contributed by atoms with van der Waals surface area (Å²) in [4.78, 5) is 13.3. The van der Waals surface area contributed by atoms with Gasteiger partial charge in [0, 0.05) is 18.2 Å². The van der Waals surface area contributed by atoms with E-state index < -0.39 is 8.32 Å². The zero-order valence-corrected chi connectivity index (χ0v) is 21.4. The molecule has 176 valence electrons. The van der Waals surface area contributed by atoms with Gasteiger partial charge in [-0.3, -0.25) is 9.48 Å². The normalized spacial score (nSPS) is 14.6. The molecule has 0 saturated heterocycles. The van der Waals surface area contributed by atoms with Crippen LogP contribution in [0.25, 0.3) is 5.69 Å². The monoisotopic (exact) mass is 489 g/mol. The summed E-state index contributed by atoms with van der Waals surface area (Å²) in [7, 11) is -2.08. The average Bonchev–Trinajstić information content (AvgIpc) is 3.27. The first-order valence-electron chi connectivity index (χ1n) is 11.1. The number of halogens is 2. The highest BCUT2D eigenvalue weighted by molar-refractivity contribution is 6.74. The third kappa shape index (κ3) is 5.25. The summed E-state index contributed by atoms with van der Waals surface area (Å²) in [5.74, 6) is -0.129. The Morgan fingerprint density at radius 3 is 2.67 bits per heavy atom. The van der Waals surface area contributed by atoms with Crippen molar-refractivity contribution in [1.29, 1.82) is 0 Å². The number of aromatic nitrogens is 5. The molecular weight excluding hydrogens is 461 g/mol.